The van der Waals surface area contributed by atoms with Gasteiger partial charge >= 0.3 is 0 Å². The van der Waals surface area contributed by atoms with Gasteiger partial charge in [0, 0.05) is 23.0 Å². The third kappa shape index (κ3) is 4.61. The molecule has 0 aliphatic heterocycles. The number of fused-ring (bicyclic) bond motifs is 3. The number of benzene rings is 6. The fourth-order valence-corrected chi connectivity index (χ4v) is 6.10. The molecule has 0 amide bonds. The lowest BCUT2D eigenvalue weighted by molar-refractivity contribution is 0.667. The predicted octanol–water partition coefficient (Wildman–Crippen LogP) is 11.5. The van der Waals surface area contributed by atoms with Crippen LogP contribution in [0.25, 0.3) is 55.3 Å². The summed E-state index contributed by atoms with van der Waals surface area (Å²) in [7, 11) is 0. The normalized spacial score (nSPS) is 11.2. The molecule has 6 aromatic carbocycles. The molecule has 8 aromatic rings. The van der Waals surface area contributed by atoms with Gasteiger partial charge in [-0.15, -0.1) is 0 Å². The second kappa shape index (κ2) is 11.0. The van der Waals surface area contributed by atoms with Crippen LogP contribution >= 0.6 is 0 Å². The fraction of sp³-hybridized carbons (Fsp3) is 0. The van der Waals surface area contributed by atoms with Gasteiger partial charge in [-0.2, -0.15) is 0 Å². The molecule has 0 saturated heterocycles. The molecule has 0 saturated carbocycles. The highest BCUT2D eigenvalue weighted by Gasteiger charge is 2.20. The molecule has 0 spiro atoms. The predicted molar refractivity (Wildman–Crippen MR) is 183 cm³/mol. The van der Waals surface area contributed by atoms with Gasteiger partial charge in [0.15, 0.2) is 5.58 Å². The molecule has 0 bridgehead atoms. The number of nitrogens with zero attached hydrogens (tertiary/aromatic N) is 2. The largest absolute Gasteiger partial charge is 0.454 e. The highest BCUT2D eigenvalue weighted by Crippen LogP contribution is 2.43. The summed E-state index contributed by atoms with van der Waals surface area (Å²) in [6.07, 6.45) is 3.61. The Morgan fingerprint density at radius 1 is 0.432 bits per heavy atom. The van der Waals surface area contributed by atoms with Gasteiger partial charge in [0.05, 0.1) is 17.3 Å². The summed E-state index contributed by atoms with van der Waals surface area (Å²) >= 11 is 0. The molecule has 0 aliphatic carbocycles. The highest BCUT2D eigenvalue weighted by molar-refractivity contribution is 6.13. The summed E-state index contributed by atoms with van der Waals surface area (Å²) in [5.41, 5.74) is 12.0. The van der Waals surface area contributed by atoms with Crippen molar-refractivity contribution < 1.29 is 4.42 Å². The van der Waals surface area contributed by atoms with Crippen LogP contribution in [0.15, 0.2) is 175 Å². The molecule has 0 atom stereocenters. The monoisotopic (exact) mass is 564 g/mol. The van der Waals surface area contributed by atoms with Gasteiger partial charge in [-0.05, 0) is 75.8 Å². The van der Waals surface area contributed by atoms with Gasteiger partial charge in [-0.3, -0.25) is 4.98 Å². The van der Waals surface area contributed by atoms with Crippen molar-refractivity contribution in [2.75, 3.05) is 4.90 Å². The van der Waals surface area contributed by atoms with E-state index >= 15 is 0 Å². The van der Waals surface area contributed by atoms with Crippen molar-refractivity contribution in [2.24, 2.45) is 0 Å². The first-order chi connectivity index (χ1) is 21.8. The van der Waals surface area contributed by atoms with E-state index in [4.69, 9.17) is 4.42 Å². The standard InChI is InChI=1S/C41H28N2O/c1-3-10-29(11-4-1)30-18-22-33(23-19-30)43(38-16-9-17-39-41(38)37-26-27-42-28-40(37)44-39)34-24-20-32(21-25-34)36-15-8-7-14-35(36)31-12-5-2-6-13-31/h1-28H. The minimum Gasteiger partial charge on any atom is -0.454 e. The number of aromatic nitrogens is 1. The highest BCUT2D eigenvalue weighted by atomic mass is 16.3. The molecule has 44 heavy (non-hydrogen) atoms. The van der Waals surface area contributed by atoms with Crippen molar-refractivity contribution in [2.45, 2.75) is 0 Å². The molecule has 0 unspecified atom stereocenters. The van der Waals surface area contributed by atoms with E-state index in [2.05, 4.69) is 149 Å². The van der Waals surface area contributed by atoms with E-state index < -0.39 is 0 Å². The van der Waals surface area contributed by atoms with Crippen LogP contribution < -0.4 is 4.90 Å². The number of hydrogen-bond acceptors (Lipinski definition) is 3. The van der Waals surface area contributed by atoms with E-state index in [1.165, 1.54) is 33.4 Å². The molecule has 208 valence electrons. The van der Waals surface area contributed by atoms with Gasteiger partial charge in [0.25, 0.3) is 0 Å². The Hall–Kier alpha value is -5.93. The third-order valence-corrected chi connectivity index (χ3v) is 8.20. The van der Waals surface area contributed by atoms with Gasteiger partial charge < -0.3 is 9.32 Å². The second-order valence-corrected chi connectivity index (χ2v) is 10.8. The van der Waals surface area contributed by atoms with Crippen LogP contribution in [0, 0.1) is 0 Å². The first kappa shape index (κ1) is 25.8. The Labute approximate surface area is 256 Å². The Balaban J connectivity index is 1.27. The van der Waals surface area contributed by atoms with Crippen molar-refractivity contribution in [3.8, 4) is 33.4 Å². The second-order valence-electron chi connectivity index (χ2n) is 10.8. The zero-order valence-electron chi connectivity index (χ0n) is 24.0. The minimum atomic E-state index is 0.780. The lowest BCUT2D eigenvalue weighted by atomic mass is 9.94. The maximum absolute atomic E-state index is 6.23. The van der Waals surface area contributed by atoms with E-state index in [0.717, 1.165) is 39.0 Å². The van der Waals surface area contributed by atoms with E-state index in [1.807, 2.05) is 24.4 Å². The van der Waals surface area contributed by atoms with Crippen molar-refractivity contribution >= 4 is 39.0 Å². The summed E-state index contributed by atoms with van der Waals surface area (Å²) in [5.74, 6) is 0. The van der Waals surface area contributed by atoms with Crippen molar-refractivity contribution in [3.05, 3.63) is 170 Å². The summed E-state index contributed by atoms with van der Waals surface area (Å²) < 4.78 is 6.23. The zero-order valence-corrected chi connectivity index (χ0v) is 24.0. The Bertz CT molecular complexity index is 2200. The van der Waals surface area contributed by atoms with E-state index in [1.54, 1.807) is 6.20 Å². The van der Waals surface area contributed by atoms with E-state index in [-0.39, 0.29) is 0 Å². The zero-order chi connectivity index (χ0) is 29.3. The summed E-state index contributed by atoms with van der Waals surface area (Å²) in [6.45, 7) is 0. The van der Waals surface area contributed by atoms with Crippen molar-refractivity contribution in [1.82, 2.24) is 4.98 Å². The number of rotatable bonds is 6. The molecule has 2 heterocycles. The van der Waals surface area contributed by atoms with Gasteiger partial charge in [0.1, 0.15) is 5.58 Å². The van der Waals surface area contributed by atoms with Gasteiger partial charge in [-0.1, -0.05) is 115 Å². The SMILES string of the molecule is c1ccc(-c2ccc(N(c3ccc(-c4ccccc4-c4ccccc4)cc3)c3cccc4oc5cnccc5c34)cc2)cc1. The molecule has 3 heteroatoms. The molecule has 0 N–H and O–H groups in total. The summed E-state index contributed by atoms with van der Waals surface area (Å²) in [4.78, 5) is 6.62. The van der Waals surface area contributed by atoms with Crippen LogP contribution in [0.3, 0.4) is 0 Å². The Kier molecular flexibility index (Phi) is 6.47. The van der Waals surface area contributed by atoms with E-state index in [0.29, 0.717) is 0 Å². The maximum atomic E-state index is 6.23. The summed E-state index contributed by atoms with van der Waals surface area (Å²) in [6, 6.07) is 55.6. The molecule has 0 radical (unpaired) electrons. The topological polar surface area (TPSA) is 29.3 Å². The summed E-state index contributed by atoms with van der Waals surface area (Å²) in [5, 5.41) is 2.11. The lowest BCUT2D eigenvalue weighted by Crippen LogP contribution is -2.10. The van der Waals surface area contributed by atoms with Crippen LogP contribution in [-0.4, -0.2) is 4.98 Å². The lowest BCUT2D eigenvalue weighted by Gasteiger charge is -2.27. The molecule has 8 rings (SSSR count). The molecular formula is C41H28N2O. The van der Waals surface area contributed by atoms with Gasteiger partial charge in [0.2, 0.25) is 0 Å². The molecule has 2 aromatic heterocycles. The first-order valence-corrected chi connectivity index (χ1v) is 14.8. The minimum absolute atomic E-state index is 0.780. The Morgan fingerprint density at radius 2 is 0.977 bits per heavy atom. The number of anilines is 3. The average Bonchev–Trinajstić information content (AvgIpc) is 3.49. The van der Waals surface area contributed by atoms with E-state index in [9.17, 15) is 0 Å². The fourth-order valence-electron chi connectivity index (χ4n) is 6.10. The van der Waals surface area contributed by atoms with Crippen LogP contribution in [0.5, 0.6) is 0 Å². The Morgan fingerprint density at radius 3 is 1.64 bits per heavy atom. The van der Waals surface area contributed by atoms with Crippen LogP contribution in [0.2, 0.25) is 0 Å². The molecule has 0 aliphatic rings. The van der Waals surface area contributed by atoms with Crippen LogP contribution in [0.4, 0.5) is 17.1 Å². The van der Waals surface area contributed by atoms with Gasteiger partial charge in [-0.25, -0.2) is 0 Å². The number of furan rings is 1. The molecule has 0 fully saturated rings. The number of pyridine rings is 1. The third-order valence-electron chi connectivity index (χ3n) is 8.20. The molecular weight excluding hydrogens is 536 g/mol. The maximum Gasteiger partial charge on any atom is 0.153 e. The quantitative estimate of drug-likeness (QED) is 0.201. The van der Waals surface area contributed by atoms with Crippen molar-refractivity contribution in [1.29, 1.82) is 0 Å². The van der Waals surface area contributed by atoms with Crippen LogP contribution in [-0.2, 0) is 0 Å². The average molecular weight is 565 g/mol. The van der Waals surface area contributed by atoms with Crippen LogP contribution in [0.1, 0.15) is 0 Å². The molecule has 3 nitrogen and oxygen atoms in total. The van der Waals surface area contributed by atoms with Crippen molar-refractivity contribution in [3.63, 3.8) is 0 Å². The number of hydrogen-bond donors (Lipinski definition) is 0. The first-order valence-electron chi connectivity index (χ1n) is 14.8. The smallest absolute Gasteiger partial charge is 0.153 e.